The average Bonchev–Trinajstić information content (AvgIpc) is 2.15. The highest BCUT2D eigenvalue weighted by Gasteiger charge is 2.20. The number of hydrogen-bond donors (Lipinski definition) is 0. The summed E-state index contributed by atoms with van der Waals surface area (Å²) < 4.78 is 25.1. The van der Waals surface area contributed by atoms with Crippen molar-refractivity contribution in [2.75, 3.05) is 0 Å². The van der Waals surface area contributed by atoms with Crippen molar-refractivity contribution in [1.82, 2.24) is 0 Å². The van der Waals surface area contributed by atoms with E-state index in [0.29, 0.717) is 6.29 Å². The van der Waals surface area contributed by atoms with Gasteiger partial charge in [0.05, 0.1) is 5.02 Å². The van der Waals surface area contributed by atoms with Crippen LogP contribution in [0, 0.1) is 0 Å². The van der Waals surface area contributed by atoms with Crippen molar-refractivity contribution in [1.29, 1.82) is 0 Å². The number of carbonyl (C=O) groups excluding carboxylic acids is 2. The quantitative estimate of drug-likeness (QED) is 0.592. The Balaban J connectivity index is 3.49. The van der Waals surface area contributed by atoms with Gasteiger partial charge in [0.25, 0.3) is 6.43 Å². The summed E-state index contributed by atoms with van der Waals surface area (Å²) in [6.45, 7) is 1.14. The standard InChI is InChI=1S/C10H7ClF2O2/c1-5(15)7-2-6(4-14)3-8(11)9(7)10(12)13/h2-4,10H,1H3. The third-order valence-corrected chi connectivity index (χ3v) is 2.20. The Morgan fingerprint density at radius 2 is 2.07 bits per heavy atom. The Hall–Kier alpha value is -1.29. The number of alkyl halides is 2. The van der Waals surface area contributed by atoms with Gasteiger partial charge in [0.1, 0.15) is 6.29 Å². The molecule has 0 radical (unpaired) electrons. The van der Waals surface area contributed by atoms with Gasteiger partial charge in [-0.3, -0.25) is 9.59 Å². The minimum absolute atomic E-state index is 0.106. The molecule has 0 saturated carbocycles. The minimum atomic E-state index is -2.84. The monoisotopic (exact) mass is 232 g/mol. The number of aldehydes is 1. The van der Waals surface area contributed by atoms with E-state index >= 15 is 0 Å². The molecule has 15 heavy (non-hydrogen) atoms. The number of benzene rings is 1. The molecule has 0 amide bonds. The third kappa shape index (κ3) is 2.39. The number of carbonyl (C=O) groups is 2. The van der Waals surface area contributed by atoms with Crippen LogP contribution in [0.1, 0.15) is 39.6 Å². The van der Waals surface area contributed by atoms with Crippen molar-refractivity contribution < 1.29 is 18.4 Å². The van der Waals surface area contributed by atoms with Gasteiger partial charge in [0, 0.05) is 16.7 Å². The molecule has 0 fully saturated rings. The summed E-state index contributed by atoms with van der Waals surface area (Å²) in [6, 6.07) is 2.23. The predicted molar refractivity (Wildman–Crippen MR) is 51.8 cm³/mol. The van der Waals surface area contributed by atoms with Crippen LogP contribution in [0.2, 0.25) is 5.02 Å². The average molecular weight is 233 g/mol. The highest BCUT2D eigenvalue weighted by molar-refractivity contribution is 6.32. The molecule has 0 bridgehead atoms. The molecule has 0 spiro atoms. The molecule has 2 nitrogen and oxygen atoms in total. The first kappa shape index (κ1) is 11.8. The van der Waals surface area contributed by atoms with Crippen LogP contribution in [0.3, 0.4) is 0 Å². The number of ketones is 1. The van der Waals surface area contributed by atoms with E-state index in [-0.39, 0.29) is 16.1 Å². The fourth-order valence-electron chi connectivity index (χ4n) is 1.22. The van der Waals surface area contributed by atoms with Crippen molar-refractivity contribution in [3.8, 4) is 0 Å². The van der Waals surface area contributed by atoms with Gasteiger partial charge < -0.3 is 0 Å². The van der Waals surface area contributed by atoms with Crippen LogP contribution in [0.25, 0.3) is 0 Å². The molecule has 0 atom stereocenters. The zero-order valence-corrected chi connectivity index (χ0v) is 8.52. The van der Waals surface area contributed by atoms with E-state index in [9.17, 15) is 18.4 Å². The summed E-state index contributed by atoms with van der Waals surface area (Å²) in [5.41, 5.74) is -0.621. The van der Waals surface area contributed by atoms with Crippen molar-refractivity contribution in [2.24, 2.45) is 0 Å². The topological polar surface area (TPSA) is 34.1 Å². The molecular formula is C10H7ClF2O2. The maximum atomic E-state index is 12.6. The van der Waals surface area contributed by atoms with E-state index in [0.717, 1.165) is 19.1 Å². The lowest BCUT2D eigenvalue weighted by atomic mass is 10.0. The highest BCUT2D eigenvalue weighted by Crippen LogP contribution is 2.31. The zero-order valence-electron chi connectivity index (χ0n) is 7.76. The lowest BCUT2D eigenvalue weighted by Crippen LogP contribution is -2.02. The second kappa shape index (κ2) is 4.49. The van der Waals surface area contributed by atoms with E-state index in [2.05, 4.69) is 0 Å². The molecule has 0 unspecified atom stereocenters. The zero-order chi connectivity index (χ0) is 11.6. The van der Waals surface area contributed by atoms with Gasteiger partial charge >= 0.3 is 0 Å². The molecule has 0 aliphatic heterocycles. The number of Topliss-reactive ketones (excluding diaryl/α,β-unsaturated/α-hetero) is 1. The number of rotatable bonds is 3. The van der Waals surface area contributed by atoms with Crippen LogP contribution < -0.4 is 0 Å². The number of hydrogen-bond acceptors (Lipinski definition) is 2. The first-order valence-corrected chi connectivity index (χ1v) is 4.43. The molecule has 1 aromatic rings. The highest BCUT2D eigenvalue weighted by atomic mass is 35.5. The molecule has 5 heteroatoms. The summed E-state index contributed by atoms with van der Waals surface area (Å²) in [5, 5.41) is -0.264. The van der Waals surface area contributed by atoms with E-state index in [1.807, 2.05) is 0 Å². The Kier molecular flexibility index (Phi) is 3.52. The molecule has 0 aliphatic rings. The van der Waals surface area contributed by atoms with Crippen molar-refractivity contribution in [3.63, 3.8) is 0 Å². The Labute approximate surface area is 89.8 Å². The summed E-state index contributed by atoms with van der Waals surface area (Å²) in [7, 11) is 0. The fraction of sp³-hybridized carbons (Fsp3) is 0.200. The van der Waals surface area contributed by atoms with Crippen LogP contribution in [0.5, 0.6) is 0 Å². The minimum Gasteiger partial charge on any atom is -0.298 e. The van der Waals surface area contributed by atoms with E-state index < -0.39 is 17.8 Å². The lowest BCUT2D eigenvalue weighted by molar-refractivity contribution is 0.0999. The smallest absolute Gasteiger partial charge is 0.265 e. The van der Waals surface area contributed by atoms with E-state index in [4.69, 9.17) is 11.6 Å². The summed E-state index contributed by atoms with van der Waals surface area (Å²) in [6.07, 6.45) is -2.38. The van der Waals surface area contributed by atoms with E-state index in [1.54, 1.807) is 0 Å². The van der Waals surface area contributed by atoms with Crippen molar-refractivity contribution >= 4 is 23.7 Å². The molecule has 1 aromatic carbocycles. The molecule has 80 valence electrons. The predicted octanol–water partition coefficient (Wildman–Crippen LogP) is 3.29. The molecule has 0 aromatic heterocycles. The summed E-state index contributed by atoms with van der Waals surface area (Å²) in [5.74, 6) is -0.545. The third-order valence-electron chi connectivity index (χ3n) is 1.89. The van der Waals surface area contributed by atoms with Crippen LogP contribution in [-0.4, -0.2) is 12.1 Å². The van der Waals surface area contributed by atoms with Gasteiger partial charge in [-0.15, -0.1) is 0 Å². The van der Waals surface area contributed by atoms with Gasteiger partial charge in [-0.25, -0.2) is 8.78 Å². The van der Waals surface area contributed by atoms with Gasteiger partial charge in [-0.05, 0) is 19.1 Å². The van der Waals surface area contributed by atoms with Gasteiger partial charge in [0.2, 0.25) is 0 Å². The summed E-state index contributed by atoms with van der Waals surface area (Å²) >= 11 is 5.56. The van der Waals surface area contributed by atoms with Crippen LogP contribution in [-0.2, 0) is 0 Å². The van der Waals surface area contributed by atoms with Crippen molar-refractivity contribution in [2.45, 2.75) is 13.3 Å². The van der Waals surface area contributed by atoms with Gasteiger partial charge in [0.15, 0.2) is 5.78 Å². The molecule has 1 rings (SSSR count). The Bertz CT molecular complexity index is 416. The fourth-order valence-corrected chi connectivity index (χ4v) is 1.53. The van der Waals surface area contributed by atoms with Crippen molar-refractivity contribution in [3.05, 3.63) is 33.8 Å². The maximum Gasteiger partial charge on any atom is 0.265 e. The maximum absolute atomic E-state index is 12.6. The van der Waals surface area contributed by atoms with Crippen LogP contribution in [0.4, 0.5) is 8.78 Å². The molecule has 0 heterocycles. The van der Waals surface area contributed by atoms with Gasteiger partial charge in [-0.2, -0.15) is 0 Å². The summed E-state index contributed by atoms with van der Waals surface area (Å²) in [4.78, 5) is 21.5. The first-order chi connectivity index (χ1) is 6.97. The largest absolute Gasteiger partial charge is 0.298 e. The normalized spacial score (nSPS) is 10.5. The number of halogens is 3. The lowest BCUT2D eigenvalue weighted by Gasteiger charge is -2.08. The molecular weight excluding hydrogens is 226 g/mol. The van der Waals surface area contributed by atoms with E-state index in [1.165, 1.54) is 0 Å². The van der Waals surface area contributed by atoms with Crippen LogP contribution >= 0.6 is 11.6 Å². The second-order valence-corrected chi connectivity index (χ2v) is 3.35. The SMILES string of the molecule is CC(=O)c1cc(C=O)cc(Cl)c1C(F)F. The van der Waals surface area contributed by atoms with Crippen LogP contribution in [0.15, 0.2) is 12.1 Å². The second-order valence-electron chi connectivity index (χ2n) is 2.94. The first-order valence-electron chi connectivity index (χ1n) is 4.05. The molecule has 0 N–H and O–H groups in total. The Morgan fingerprint density at radius 3 is 2.47 bits per heavy atom. The van der Waals surface area contributed by atoms with Gasteiger partial charge in [-0.1, -0.05) is 11.6 Å². The molecule has 0 saturated heterocycles. The molecule has 0 aliphatic carbocycles. The Morgan fingerprint density at radius 1 is 1.47 bits per heavy atom.